The van der Waals surface area contributed by atoms with Crippen LogP contribution in [-0.4, -0.2) is 31.7 Å². The number of alkyl halides is 2. The summed E-state index contributed by atoms with van der Waals surface area (Å²) in [6, 6.07) is 0. The predicted molar refractivity (Wildman–Crippen MR) is 71.5 cm³/mol. The Morgan fingerprint density at radius 3 is 2.00 bits per heavy atom. The van der Waals surface area contributed by atoms with E-state index >= 15 is 0 Å². The van der Waals surface area contributed by atoms with Gasteiger partial charge in [0.05, 0.1) is 26.6 Å². The van der Waals surface area contributed by atoms with E-state index in [0.29, 0.717) is 24.3 Å². The highest BCUT2D eigenvalue weighted by molar-refractivity contribution is 5.48. The summed E-state index contributed by atoms with van der Waals surface area (Å²) in [5.41, 5.74) is 6.15. The molecule has 0 spiro atoms. The lowest BCUT2D eigenvalue weighted by atomic mass is 9.68. The molecule has 0 atom stereocenters. The molecular formula is C14H20F2N2O2. The first kappa shape index (κ1) is 15.0. The van der Waals surface area contributed by atoms with Gasteiger partial charge < -0.3 is 15.2 Å². The van der Waals surface area contributed by atoms with Gasteiger partial charge in [-0.15, -0.1) is 0 Å². The number of nitrogens with two attached hydrogens (primary N) is 1. The van der Waals surface area contributed by atoms with Crippen LogP contribution in [0.4, 0.5) is 8.78 Å². The number of hydrogen-bond donors (Lipinski definition) is 1. The number of halogens is 2. The molecule has 0 saturated heterocycles. The van der Waals surface area contributed by atoms with Gasteiger partial charge in [-0.2, -0.15) is 0 Å². The number of rotatable bonds is 4. The summed E-state index contributed by atoms with van der Waals surface area (Å²) in [4.78, 5) is 4.04. The van der Waals surface area contributed by atoms with Gasteiger partial charge >= 0.3 is 0 Å². The molecule has 4 nitrogen and oxygen atoms in total. The van der Waals surface area contributed by atoms with E-state index in [-0.39, 0.29) is 19.4 Å². The van der Waals surface area contributed by atoms with E-state index in [4.69, 9.17) is 15.2 Å². The van der Waals surface area contributed by atoms with Crippen LogP contribution in [0.5, 0.6) is 11.5 Å². The fraction of sp³-hybridized carbons (Fsp3) is 0.643. The van der Waals surface area contributed by atoms with E-state index in [0.717, 1.165) is 5.56 Å². The second-order valence-corrected chi connectivity index (χ2v) is 5.26. The van der Waals surface area contributed by atoms with E-state index in [1.165, 1.54) is 14.2 Å². The zero-order chi connectivity index (χ0) is 14.8. The number of ether oxygens (including phenoxy) is 2. The van der Waals surface area contributed by atoms with Crippen LogP contribution in [0.25, 0.3) is 0 Å². The summed E-state index contributed by atoms with van der Waals surface area (Å²) in [7, 11) is 3.06. The Balaban J connectivity index is 2.47. The summed E-state index contributed by atoms with van der Waals surface area (Å²) in [6.07, 6.45) is 3.43. The van der Waals surface area contributed by atoms with Crippen LogP contribution in [-0.2, 0) is 5.41 Å². The molecule has 112 valence electrons. The van der Waals surface area contributed by atoms with Crippen LogP contribution in [0.1, 0.15) is 31.2 Å². The molecule has 1 aromatic heterocycles. The lowest BCUT2D eigenvalue weighted by Gasteiger charge is -2.40. The van der Waals surface area contributed by atoms with Gasteiger partial charge in [0.2, 0.25) is 5.92 Å². The molecule has 0 bridgehead atoms. The first-order valence-corrected chi connectivity index (χ1v) is 6.62. The van der Waals surface area contributed by atoms with Gasteiger partial charge in [-0.05, 0) is 12.8 Å². The minimum absolute atomic E-state index is 0.168. The van der Waals surface area contributed by atoms with Gasteiger partial charge in [0.15, 0.2) is 0 Å². The van der Waals surface area contributed by atoms with E-state index < -0.39 is 11.3 Å². The SMILES string of the molecule is COc1cncc(OC)c1C1(CN)CCC(F)(F)CC1. The van der Waals surface area contributed by atoms with Crippen molar-refractivity contribution >= 4 is 0 Å². The average Bonchev–Trinajstić information content (AvgIpc) is 2.47. The zero-order valence-corrected chi connectivity index (χ0v) is 11.8. The molecule has 0 aromatic carbocycles. The highest BCUT2D eigenvalue weighted by atomic mass is 19.3. The predicted octanol–water partition coefficient (Wildman–Crippen LogP) is 2.50. The number of methoxy groups -OCH3 is 2. The number of aromatic nitrogens is 1. The largest absolute Gasteiger partial charge is 0.495 e. The number of nitrogens with zero attached hydrogens (tertiary/aromatic N) is 1. The molecule has 20 heavy (non-hydrogen) atoms. The molecule has 0 aliphatic heterocycles. The van der Waals surface area contributed by atoms with E-state index in [1.54, 1.807) is 12.4 Å². The normalized spacial score (nSPS) is 20.4. The van der Waals surface area contributed by atoms with Gasteiger partial charge in [0.25, 0.3) is 0 Å². The van der Waals surface area contributed by atoms with Gasteiger partial charge in [-0.1, -0.05) is 0 Å². The fourth-order valence-electron chi connectivity index (χ4n) is 2.91. The third kappa shape index (κ3) is 2.57. The molecule has 1 heterocycles. The lowest BCUT2D eigenvalue weighted by Crippen LogP contribution is -2.42. The summed E-state index contributed by atoms with van der Waals surface area (Å²) in [5, 5.41) is 0. The molecule has 1 aliphatic carbocycles. The maximum atomic E-state index is 13.4. The van der Waals surface area contributed by atoms with Crippen LogP contribution < -0.4 is 15.2 Å². The Morgan fingerprint density at radius 2 is 1.60 bits per heavy atom. The van der Waals surface area contributed by atoms with E-state index in [1.807, 2.05) is 0 Å². The quantitative estimate of drug-likeness (QED) is 0.924. The third-order valence-corrected chi connectivity index (χ3v) is 4.18. The lowest BCUT2D eigenvalue weighted by molar-refractivity contribution is -0.0514. The van der Waals surface area contributed by atoms with E-state index in [2.05, 4.69) is 4.98 Å². The zero-order valence-electron chi connectivity index (χ0n) is 11.8. The highest BCUT2D eigenvalue weighted by Crippen LogP contribution is 2.49. The molecule has 2 N–H and O–H groups in total. The molecule has 1 aliphatic rings. The van der Waals surface area contributed by atoms with Crippen LogP contribution in [0.15, 0.2) is 12.4 Å². The number of hydrogen-bond acceptors (Lipinski definition) is 4. The van der Waals surface area contributed by atoms with E-state index in [9.17, 15) is 8.78 Å². The van der Waals surface area contributed by atoms with Gasteiger partial charge in [0.1, 0.15) is 11.5 Å². The van der Waals surface area contributed by atoms with Crippen molar-refractivity contribution in [2.24, 2.45) is 5.73 Å². The number of pyridine rings is 1. The monoisotopic (exact) mass is 286 g/mol. The third-order valence-electron chi connectivity index (χ3n) is 4.18. The van der Waals surface area contributed by atoms with Crippen molar-refractivity contribution in [3.8, 4) is 11.5 Å². The molecule has 1 saturated carbocycles. The van der Waals surface area contributed by atoms with Gasteiger partial charge in [-0.3, -0.25) is 4.98 Å². The fourth-order valence-corrected chi connectivity index (χ4v) is 2.91. The van der Waals surface area contributed by atoms with Crippen LogP contribution in [0.2, 0.25) is 0 Å². The highest BCUT2D eigenvalue weighted by Gasteiger charge is 2.46. The minimum atomic E-state index is -2.60. The Morgan fingerprint density at radius 1 is 1.10 bits per heavy atom. The van der Waals surface area contributed by atoms with Crippen molar-refractivity contribution in [2.75, 3.05) is 20.8 Å². The second kappa shape index (κ2) is 5.52. The summed E-state index contributed by atoms with van der Waals surface area (Å²) in [5.74, 6) is -1.52. The van der Waals surface area contributed by atoms with Crippen molar-refractivity contribution < 1.29 is 18.3 Å². The Kier molecular flexibility index (Phi) is 4.13. The van der Waals surface area contributed by atoms with Crippen molar-refractivity contribution in [1.29, 1.82) is 0 Å². The van der Waals surface area contributed by atoms with Crippen molar-refractivity contribution in [1.82, 2.24) is 4.98 Å². The van der Waals surface area contributed by atoms with Gasteiger partial charge in [-0.25, -0.2) is 8.78 Å². The second-order valence-electron chi connectivity index (χ2n) is 5.26. The molecule has 0 unspecified atom stereocenters. The molecular weight excluding hydrogens is 266 g/mol. The van der Waals surface area contributed by atoms with Crippen LogP contribution in [0, 0.1) is 0 Å². The topological polar surface area (TPSA) is 57.4 Å². The maximum absolute atomic E-state index is 13.4. The smallest absolute Gasteiger partial charge is 0.248 e. The van der Waals surface area contributed by atoms with Crippen molar-refractivity contribution in [2.45, 2.75) is 37.0 Å². The molecule has 2 rings (SSSR count). The minimum Gasteiger partial charge on any atom is -0.495 e. The van der Waals surface area contributed by atoms with Crippen molar-refractivity contribution in [3.63, 3.8) is 0 Å². The molecule has 0 amide bonds. The molecule has 6 heteroatoms. The average molecular weight is 286 g/mol. The molecule has 1 aromatic rings. The standard InChI is InChI=1S/C14H20F2N2O2/c1-19-10-7-18-8-11(20-2)12(10)13(9-17)3-5-14(15,16)6-4-13/h7-8H,3-6,9,17H2,1-2H3. The van der Waals surface area contributed by atoms with Gasteiger partial charge in [0, 0.05) is 30.4 Å². The van der Waals surface area contributed by atoms with Crippen LogP contribution in [0.3, 0.4) is 0 Å². The van der Waals surface area contributed by atoms with Crippen LogP contribution >= 0.6 is 0 Å². The Bertz CT molecular complexity index is 448. The van der Waals surface area contributed by atoms with Crippen molar-refractivity contribution in [3.05, 3.63) is 18.0 Å². The summed E-state index contributed by atoms with van der Waals surface area (Å²) < 4.78 is 37.6. The first-order chi connectivity index (χ1) is 9.48. The first-order valence-electron chi connectivity index (χ1n) is 6.62. The summed E-state index contributed by atoms with van der Waals surface area (Å²) in [6.45, 7) is 0.278. The molecule has 1 fully saturated rings. The Hall–Kier alpha value is -1.43. The maximum Gasteiger partial charge on any atom is 0.248 e. The Labute approximate surface area is 117 Å². The molecule has 0 radical (unpaired) electrons. The summed E-state index contributed by atoms with van der Waals surface area (Å²) >= 11 is 0.